The molecule has 1 aliphatic heterocycles. The number of carbonyl (C=O) groups excluding carboxylic acids is 3. The number of hydrogen-bond donors (Lipinski definition) is 1. The molecule has 1 saturated heterocycles. The molecule has 26 heavy (non-hydrogen) atoms. The summed E-state index contributed by atoms with van der Waals surface area (Å²) in [5.74, 6) is -0.885. The molecule has 3 rings (SSSR count). The molecule has 1 fully saturated rings. The fraction of sp³-hybridized carbons (Fsp3) is 0.250. The van der Waals surface area contributed by atoms with Gasteiger partial charge >= 0.3 is 5.97 Å². The Hall–Kier alpha value is -3.15. The highest BCUT2D eigenvalue weighted by atomic mass is 16.5. The van der Waals surface area contributed by atoms with Crippen molar-refractivity contribution < 1.29 is 19.1 Å². The van der Waals surface area contributed by atoms with Crippen LogP contribution in [0, 0.1) is 6.92 Å². The molecule has 0 unspecified atom stereocenters. The number of ether oxygens (including phenoxy) is 1. The van der Waals surface area contributed by atoms with Gasteiger partial charge in [0.1, 0.15) is 0 Å². The van der Waals surface area contributed by atoms with Gasteiger partial charge < -0.3 is 15.0 Å². The number of hydrogen-bond acceptors (Lipinski definition) is 4. The van der Waals surface area contributed by atoms with Crippen molar-refractivity contribution >= 4 is 29.2 Å². The van der Waals surface area contributed by atoms with Gasteiger partial charge in [-0.3, -0.25) is 9.59 Å². The van der Waals surface area contributed by atoms with E-state index in [2.05, 4.69) is 5.32 Å². The molecule has 134 valence electrons. The van der Waals surface area contributed by atoms with Crippen molar-refractivity contribution in [2.24, 2.45) is 0 Å². The largest absolute Gasteiger partial charge is 0.465 e. The number of rotatable bonds is 4. The molecule has 1 aliphatic rings. The van der Waals surface area contributed by atoms with E-state index in [-0.39, 0.29) is 17.0 Å². The highest BCUT2D eigenvalue weighted by molar-refractivity contribution is 6.11. The first-order valence-electron chi connectivity index (χ1n) is 8.41. The number of nitrogens with one attached hydrogen (secondary N) is 1. The highest BCUT2D eigenvalue weighted by Gasteiger charge is 2.23. The quantitative estimate of drug-likeness (QED) is 0.858. The number of amides is 2. The second-order valence-electron chi connectivity index (χ2n) is 6.14. The van der Waals surface area contributed by atoms with Crippen LogP contribution in [0.4, 0.5) is 11.4 Å². The molecule has 2 aromatic rings. The highest BCUT2D eigenvalue weighted by Crippen LogP contribution is 2.28. The molecule has 6 nitrogen and oxygen atoms in total. The van der Waals surface area contributed by atoms with Crippen LogP contribution in [0.25, 0.3) is 0 Å². The lowest BCUT2D eigenvalue weighted by Crippen LogP contribution is -2.25. The number of aryl methyl sites for hydroxylation is 1. The van der Waals surface area contributed by atoms with Gasteiger partial charge in [0.05, 0.1) is 18.2 Å². The maximum absolute atomic E-state index is 12.6. The Balaban J connectivity index is 1.87. The molecule has 0 radical (unpaired) electrons. The number of methoxy groups -OCH3 is 1. The maximum atomic E-state index is 12.6. The lowest BCUT2D eigenvalue weighted by Gasteiger charge is -2.19. The zero-order valence-electron chi connectivity index (χ0n) is 14.7. The standard InChI is InChI=1S/C20H20N2O4/c1-13-9-10-14(12-17(13)22-11-5-8-18(22)23)21-19(24)15-6-3-4-7-16(15)20(25)26-2/h3-4,6-7,9-10,12H,5,8,11H2,1-2H3,(H,21,24). The first-order valence-corrected chi connectivity index (χ1v) is 8.41. The lowest BCUT2D eigenvalue weighted by atomic mass is 10.1. The summed E-state index contributed by atoms with van der Waals surface area (Å²) >= 11 is 0. The van der Waals surface area contributed by atoms with Crippen LogP contribution in [-0.4, -0.2) is 31.4 Å². The van der Waals surface area contributed by atoms with Crippen LogP contribution < -0.4 is 10.2 Å². The summed E-state index contributed by atoms with van der Waals surface area (Å²) in [4.78, 5) is 38.3. The van der Waals surface area contributed by atoms with Gasteiger partial charge in [-0.05, 0) is 43.2 Å². The van der Waals surface area contributed by atoms with Crippen molar-refractivity contribution in [3.8, 4) is 0 Å². The minimum atomic E-state index is -0.567. The lowest BCUT2D eigenvalue weighted by molar-refractivity contribution is -0.117. The maximum Gasteiger partial charge on any atom is 0.338 e. The number of benzene rings is 2. The summed E-state index contributed by atoms with van der Waals surface area (Å²) in [6, 6.07) is 11.9. The van der Waals surface area contributed by atoms with E-state index in [4.69, 9.17) is 4.74 Å². The van der Waals surface area contributed by atoms with E-state index in [1.807, 2.05) is 13.0 Å². The van der Waals surface area contributed by atoms with Gasteiger partial charge in [0, 0.05) is 24.3 Å². The average molecular weight is 352 g/mol. The van der Waals surface area contributed by atoms with Crippen LogP contribution in [0.5, 0.6) is 0 Å². The Bertz CT molecular complexity index is 876. The Morgan fingerprint density at radius 2 is 1.85 bits per heavy atom. The van der Waals surface area contributed by atoms with E-state index in [0.717, 1.165) is 17.7 Å². The van der Waals surface area contributed by atoms with E-state index >= 15 is 0 Å². The van der Waals surface area contributed by atoms with Crippen molar-refractivity contribution in [1.29, 1.82) is 0 Å². The molecule has 0 aromatic heterocycles. The van der Waals surface area contributed by atoms with E-state index in [1.165, 1.54) is 7.11 Å². The molecular formula is C20H20N2O4. The first-order chi connectivity index (χ1) is 12.5. The van der Waals surface area contributed by atoms with Crippen molar-refractivity contribution in [3.05, 3.63) is 59.2 Å². The van der Waals surface area contributed by atoms with Crippen molar-refractivity contribution in [1.82, 2.24) is 0 Å². The second-order valence-corrected chi connectivity index (χ2v) is 6.14. The molecule has 0 atom stereocenters. The predicted molar refractivity (Wildman–Crippen MR) is 98.5 cm³/mol. The van der Waals surface area contributed by atoms with E-state index < -0.39 is 11.9 Å². The van der Waals surface area contributed by atoms with Crippen LogP contribution in [0.3, 0.4) is 0 Å². The molecule has 1 heterocycles. The normalized spacial score (nSPS) is 13.6. The number of carbonyl (C=O) groups is 3. The van der Waals surface area contributed by atoms with Gasteiger partial charge in [-0.1, -0.05) is 18.2 Å². The molecule has 2 amide bonds. The van der Waals surface area contributed by atoms with Crippen LogP contribution in [0.1, 0.15) is 39.1 Å². The molecule has 0 saturated carbocycles. The molecule has 0 aliphatic carbocycles. The average Bonchev–Trinajstić information content (AvgIpc) is 3.08. The van der Waals surface area contributed by atoms with E-state index in [9.17, 15) is 14.4 Å². The van der Waals surface area contributed by atoms with Crippen LogP contribution in [-0.2, 0) is 9.53 Å². The van der Waals surface area contributed by atoms with Gasteiger partial charge in [0.15, 0.2) is 0 Å². The Morgan fingerprint density at radius 1 is 1.12 bits per heavy atom. The molecule has 0 spiro atoms. The third kappa shape index (κ3) is 3.44. The zero-order valence-corrected chi connectivity index (χ0v) is 14.7. The van der Waals surface area contributed by atoms with Crippen molar-refractivity contribution in [3.63, 3.8) is 0 Å². The topological polar surface area (TPSA) is 75.7 Å². The van der Waals surface area contributed by atoms with Gasteiger partial charge in [0.2, 0.25) is 5.91 Å². The smallest absolute Gasteiger partial charge is 0.338 e. The Kier molecular flexibility index (Phi) is 5.02. The number of nitrogens with zero attached hydrogens (tertiary/aromatic N) is 1. The van der Waals surface area contributed by atoms with E-state index in [0.29, 0.717) is 18.7 Å². The zero-order chi connectivity index (χ0) is 18.7. The van der Waals surface area contributed by atoms with Gasteiger partial charge in [0.25, 0.3) is 5.91 Å². The van der Waals surface area contributed by atoms with Crippen LogP contribution >= 0.6 is 0 Å². The molecule has 6 heteroatoms. The Labute approximate surface area is 151 Å². The van der Waals surface area contributed by atoms with Crippen molar-refractivity contribution in [2.45, 2.75) is 19.8 Å². The summed E-state index contributed by atoms with van der Waals surface area (Å²) < 4.78 is 4.73. The van der Waals surface area contributed by atoms with Crippen LogP contribution in [0.2, 0.25) is 0 Å². The minimum absolute atomic E-state index is 0.0904. The van der Waals surface area contributed by atoms with Crippen LogP contribution in [0.15, 0.2) is 42.5 Å². The fourth-order valence-electron chi connectivity index (χ4n) is 3.05. The van der Waals surface area contributed by atoms with Gasteiger partial charge in [-0.15, -0.1) is 0 Å². The van der Waals surface area contributed by atoms with Gasteiger partial charge in [-0.25, -0.2) is 4.79 Å². The summed E-state index contributed by atoms with van der Waals surface area (Å²) in [5.41, 5.74) is 2.77. The summed E-state index contributed by atoms with van der Waals surface area (Å²) in [6.45, 7) is 2.61. The molecular weight excluding hydrogens is 332 g/mol. The minimum Gasteiger partial charge on any atom is -0.465 e. The summed E-state index contributed by atoms with van der Waals surface area (Å²) in [5, 5.41) is 2.80. The Morgan fingerprint density at radius 3 is 2.50 bits per heavy atom. The predicted octanol–water partition coefficient (Wildman–Crippen LogP) is 3.16. The second kappa shape index (κ2) is 7.39. The first kappa shape index (κ1) is 17.7. The number of esters is 1. The summed E-state index contributed by atoms with van der Waals surface area (Å²) in [7, 11) is 1.27. The monoisotopic (exact) mass is 352 g/mol. The third-order valence-electron chi connectivity index (χ3n) is 4.41. The van der Waals surface area contributed by atoms with Crippen molar-refractivity contribution in [2.75, 3.05) is 23.9 Å². The molecule has 1 N–H and O–H groups in total. The fourth-order valence-corrected chi connectivity index (χ4v) is 3.05. The third-order valence-corrected chi connectivity index (χ3v) is 4.41. The molecule has 0 bridgehead atoms. The SMILES string of the molecule is COC(=O)c1ccccc1C(=O)Nc1ccc(C)c(N2CCCC2=O)c1. The van der Waals surface area contributed by atoms with Gasteiger partial charge in [-0.2, -0.15) is 0 Å². The number of anilines is 2. The molecule has 2 aromatic carbocycles. The summed E-state index contributed by atoms with van der Waals surface area (Å²) in [6.07, 6.45) is 1.38. The van der Waals surface area contributed by atoms with E-state index in [1.54, 1.807) is 41.3 Å².